The van der Waals surface area contributed by atoms with Crippen molar-refractivity contribution in [3.63, 3.8) is 0 Å². The molecule has 0 bridgehead atoms. The summed E-state index contributed by atoms with van der Waals surface area (Å²) in [6.07, 6.45) is 2.93. The van der Waals surface area contributed by atoms with Crippen LogP contribution in [0.25, 0.3) is 0 Å². The Hall–Kier alpha value is -3.04. The van der Waals surface area contributed by atoms with E-state index in [4.69, 9.17) is 14.2 Å². The van der Waals surface area contributed by atoms with E-state index in [1.807, 2.05) is 18.2 Å². The van der Waals surface area contributed by atoms with E-state index in [0.29, 0.717) is 12.8 Å². The van der Waals surface area contributed by atoms with Gasteiger partial charge in [0.2, 0.25) is 0 Å². The quantitative estimate of drug-likeness (QED) is 0.187. The van der Waals surface area contributed by atoms with E-state index in [9.17, 15) is 19.7 Å². The lowest BCUT2D eigenvalue weighted by Crippen LogP contribution is -2.65. The van der Waals surface area contributed by atoms with Gasteiger partial charge in [0.25, 0.3) is 5.69 Å². The molecule has 2 saturated carbocycles. The number of carbonyl (C=O) groups is 2. The highest BCUT2D eigenvalue weighted by Crippen LogP contribution is 2.71. The van der Waals surface area contributed by atoms with Gasteiger partial charge in [-0.25, -0.2) is 4.79 Å². The summed E-state index contributed by atoms with van der Waals surface area (Å²) >= 11 is 0. The molecule has 0 unspecified atom stereocenters. The van der Waals surface area contributed by atoms with Gasteiger partial charge in [-0.2, -0.15) is 0 Å². The zero-order valence-electron chi connectivity index (χ0n) is 20.8. The van der Waals surface area contributed by atoms with E-state index in [1.54, 1.807) is 0 Å². The molecule has 3 aliphatic rings. The predicted molar refractivity (Wildman–Crippen MR) is 135 cm³/mol. The van der Waals surface area contributed by atoms with Crippen molar-refractivity contribution in [2.75, 3.05) is 7.11 Å². The van der Waals surface area contributed by atoms with E-state index >= 15 is 0 Å². The van der Waals surface area contributed by atoms with Gasteiger partial charge in [-0.05, 0) is 36.9 Å². The van der Waals surface area contributed by atoms with Gasteiger partial charge in [0.15, 0.2) is 0 Å². The van der Waals surface area contributed by atoms with Crippen LogP contribution in [0.3, 0.4) is 0 Å². The van der Waals surface area contributed by atoms with E-state index in [1.165, 1.54) is 36.6 Å². The summed E-state index contributed by atoms with van der Waals surface area (Å²) in [4.78, 5) is 37.2. The molecule has 0 N–H and O–H groups in total. The van der Waals surface area contributed by atoms with Gasteiger partial charge in [0.1, 0.15) is 23.2 Å². The molecule has 2 aromatic carbocycles. The standard InChI is InChI=1S/C27H31NO7Si/c1-33-25(30)26-15-7-8-16-27(26)23(35-27)21(17-22(26)36(2,3)20-9-5-4-6-10-20)34-24(29)18-11-13-19(14-12-18)28(31)32/h4-6,9-14,21-23H,7-8,15-17H2,1-3H3/t21-,22-,23+,26+,27+/m0/s1. The van der Waals surface area contributed by atoms with Crippen LogP contribution in [0.15, 0.2) is 54.6 Å². The maximum atomic E-state index is 13.6. The molecule has 0 aromatic heterocycles. The zero-order valence-corrected chi connectivity index (χ0v) is 21.8. The Morgan fingerprint density at radius 1 is 1.06 bits per heavy atom. The monoisotopic (exact) mass is 509 g/mol. The molecule has 2 aromatic rings. The number of hydrogen-bond acceptors (Lipinski definition) is 7. The molecule has 2 aliphatic carbocycles. The maximum Gasteiger partial charge on any atom is 0.338 e. The van der Waals surface area contributed by atoms with Crippen LogP contribution in [0.2, 0.25) is 18.6 Å². The molecule has 3 fully saturated rings. The first-order chi connectivity index (χ1) is 17.2. The van der Waals surface area contributed by atoms with E-state index in [-0.39, 0.29) is 28.9 Å². The van der Waals surface area contributed by atoms with E-state index < -0.39 is 36.1 Å². The van der Waals surface area contributed by atoms with Crippen LogP contribution in [0, 0.1) is 15.5 Å². The fourth-order valence-corrected chi connectivity index (χ4v) is 11.0. The van der Waals surface area contributed by atoms with Crippen LogP contribution in [-0.4, -0.2) is 49.9 Å². The van der Waals surface area contributed by atoms with Gasteiger partial charge in [-0.3, -0.25) is 14.9 Å². The number of methoxy groups -OCH3 is 1. The third-order valence-corrected chi connectivity index (χ3v) is 13.1. The second-order valence-electron chi connectivity index (χ2n) is 10.7. The lowest BCUT2D eigenvalue weighted by atomic mass is 9.58. The van der Waals surface area contributed by atoms with Crippen molar-refractivity contribution in [1.29, 1.82) is 0 Å². The molecule has 1 aliphatic heterocycles. The number of nitrogens with zero attached hydrogens (tertiary/aromatic N) is 1. The molecule has 8 nitrogen and oxygen atoms in total. The number of hydrogen-bond donors (Lipinski definition) is 0. The van der Waals surface area contributed by atoms with Crippen LogP contribution < -0.4 is 5.19 Å². The Balaban J connectivity index is 1.51. The van der Waals surface area contributed by atoms with Crippen LogP contribution in [0.4, 0.5) is 5.69 Å². The van der Waals surface area contributed by atoms with Crippen LogP contribution in [0.1, 0.15) is 42.5 Å². The summed E-state index contributed by atoms with van der Waals surface area (Å²) in [7, 11) is -0.848. The first-order valence-electron chi connectivity index (χ1n) is 12.4. The first kappa shape index (κ1) is 24.6. The van der Waals surface area contributed by atoms with Crippen molar-refractivity contribution in [3.05, 3.63) is 70.3 Å². The molecule has 1 saturated heterocycles. The lowest BCUT2D eigenvalue weighted by molar-refractivity contribution is -0.384. The van der Waals surface area contributed by atoms with Gasteiger partial charge in [0.05, 0.1) is 25.7 Å². The van der Waals surface area contributed by atoms with Crippen molar-refractivity contribution in [2.24, 2.45) is 5.41 Å². The third kappa shape index (κ3) is 3.59. The molecule has 1 heterocycles. The average molecular weight is 510 g/mol. The van der Waals surface area contributed by atoms with Gasteiger partial charge in [-0.15, -0.1) is 0 Å². The number of ether oxygens (including phenoxy) is 3. The Morgan fingerprint density at radius 2 is 1.72 bits per heavy atom. The van der Waals surface area contributed by atoms with Gasteiger partial charge in [-0.1, -0.05) is 61.5 Å². The molecule has 0 radical (unpaired) electrons. The summed E-state index contributed by atoms with van der Waals surface area (Å²) in [6, 6.07) is 15.7. The number of esters is 2. The minimum Gasteiger partial charge on any atom is -0.469 e. The van der Waals surface area contributed by atoms with Crippen molar-refractivity contribution in [3.8, 4) is 0 Å². The second-order valence-corrected chi connectivity index (χ2v) is 15.4. The average Bonchev–Trinajstić information content (AvgIpc) is 3.63. The predicted octanol–water partition coefficient (Wildman–Crippen LogP) is 4.38. The fraction of sp³-hybridized carbons (Fsp3) is 0.481. The number of nitro groups is 1. The van der Waals surface area contributed by atoms with Crippen molar-refractivity contribution in [2.45, 2.75) is 68.5 Å². The minimum atomic E-state index is -2.30. The summed E-state index contributed by atoms with van der Waals surface area (Å²) in [6.45, 7) is 4.55. The molecule has 9 heteroatoms. The molecule has 5 atom stereocenters. The molecular formula is C27H31NO7Si. The Bertz CT molecular complexity index is 1180. The normalized spacial score (nSPS) is 30.9. The number of rotatable bonds is 6. The zero-order chi connectivity index (χ0) is 25.7. The first-order valence-corrected chi connectivity index (χ1v) is 15.5. The van der Waals surface area contributed by atoms with E-state index in [2.05, 4.69) is 25.2 Å². The maximum absolute atomic E-state index is 13.6. The third-order valence-electron chi connectivity index (χ3n) is 8.78. The molecule has 36 heavy (non-hydrogen) atoms. The largest absolute Gasteiger partial charge is 0.469 e. The van der Waals surface area contributed by atoms with Crippen LogP contribution in [-0.2, 0) is 19.0 Å². The fourth-order valence-electron chi connectivity index (χ4n) is 6.99. The smallest absolute Gasteiger partial charge is 0.338 e. The summed E-state index contributed by atoms with van der Waals surface area (Å²) in [5.74, 6) is -0.758. The molecular weight excluding hydrogens is 478 g/mol. The van der Waals surface area contributed by atoms with Crippen molar-refractivity contribution in [1.82, 2.24) is 0 Å². The number of nitro benzene ring substituents is 1. The Labute approximate surface area is 211 Å². The summed E-state index contributed by atoms with van der Waals surface area (Å²) < 4.78 is 17.9. The number of epoxide rings is 1. The highest BCUT2D eigenvalue weighted by atomic mass is 28.3. The Morgan fingerprint density at radius 3 is 2.36 bits per heavy atom. The van der Waals surface area contributed by atoms with Crippen LogP contribution in [0.5, 0.6) is 0 Å². The number of carbonyl (C=O) groups excluding carboxylic acids is 2. The van der Waals surface area contributed by atoms with Crippen LogP contribution >= 0.6 is 0 Å². The SMILES string of the molecule is COC(=O)[C@]12CCCC[C@]13O[C@@H]3[C@@H](OC(=O)c1ccc([N+](=O)[O-])cc1)C[C@@H]2[Si](C)(C)c1ccccc1. The molecule has 5 rings (SSSR count). The van der Waals surface area contributed by atoms with Gasteiger partial charge >= 0.3 is 11.9 Å². The summed E-state index contributed by atoms with van der Waals surface area (Å²) in [5, 5.41) is 12.2. The number of benzene rings is 2. The second kappa shape index (κ2) is 8.81. The molecule has 190 valence electrons. The van der Waals surface area contributed by atoms with Gasteiger partial charge in [0, 0.05) is 12.1 Å². The molecule has 1 spiro atoms. The highest BCUT2D eigenvalue weighted by molar-refractivity contribution is 6.91. The van der Waals surface area contributed by atoms with Gasteiger partial charge < -0.3 is 14.2 Å². The lowest BCUT2D eigenvalue weighted by Gasteiger charge is -2.54. The van der Waals surface area contributed by atoms with E-state index in [0.717, 1.165) is 19.3 Å². The van der Waals surface area contributed by atoms with Crippen molar-refractivity contribution < 1.29 is 28.7 Å². The minimum absolute atomic E-state index is 0.0615. The number of non-ortho nitro benzene ring substituents is 1. The summed E-state index contributed by atoms with van der Waals surface area (Å²) in [5.41, 5.74) is -1.37. The topological polar surface area (TPSA) is 108 Å². The van der Waals surface area contributed by atoms with Crippen molar-refractivity contribution >= 4 is 30.9 Å². The molecule has 0 amide bonds. The Kier molecular flexibility index (Phi) is 6.03. The highest BCUT2D eigenvalue weighted by Gasteiger charge is 2.81.